The topological polar surface area (TPSA) is 12.0 Å². The molecule has 0 spiro atoms. The van der Waals surface area contributed by atoms with Crippen molar-refractivity contribution in [1.82, 2.24) is 5.32 Å². The second-order valence-electron chi connectivity index (χ2n) is 4.79. The van der Waals surface area contributed by atoms with Crippen LogP contribution in [0.2, 0.25) is 5.02 Å². The first-order chi connectivity index (χ1) is 7.78. The second-order valence-corrected chi connectivity index (χ2v) is 6.38. The Balaban J connectivity index is 1.74. The average Bonchev–Trinajstić information content (AvgIpc) is 2.88. The molecule has 0 amide bonds. The van der Waals surface area contributed by atoms with E-state index in [1.807, 2.05) is 12.1 Å². The molecule has 1 heterocycles. The smallest absolute Gasteiger partial charge is 0.0438 e. The van der Waals surface area contributed by atoms with E-state index >= 15 is 0 Å². The highest BCUT2D eigenvalue weighted by atomic mass is 35.5. The summed E-state index contributed by atoms with van der Waals surface area (Å²) in [6.45, 7) is 0. The van der Waals surface area contributed by atoms with Gasteiger partial charge in [-0.25, -0.2) is 0 Å². The summed E-state index contributed by atoms with van der Waals surface area (Å²) < 4.78 is 0. The Morgan fingerprint density at radius 2 is 2.00 bits per heavy atom. The molecular formula is C13H16ClNS. The first kappa shape index (κ1) is 10.9. The Hall–Kier alpha value is -0.180. The van der Waals surface area contributed by atoms with Gasteiger partial charge in [-0.15, -0.1) is 0 Å². The van der Waals surface area contributed by atoms with Crippen LogP contribution in [0.1, 0.15) is 24.8 Å². The fraction of sp³-hybridized carbons (Fsp3) is 0.538. The molecule has 1 aromatic rings. The zero-order chi connectivity index (χ0) is 11.0. The highest BCUT2D eigenvalue weighted by Crippen LogP contribution is 2.46. The van der Waals surface area contributed by atoms with Gasteiger partial charge in [0, 0.05) is 22.4 Å². The Morgan fingerprint density at radius 3 is 2.56 bits per heavy atom. The van der Waals surface area contributed by atoms with E-state index in [2.05, 4.69) is 29.2 Å². The zero-order valence-corrected chi connectivity index (χ0v) is 10.8. The summed E-state index contributed by atoms with van der Waals surface area (Å²) in [5.74, 6) is 2.59. The molecule has 1 saturated carbocycles. The SMILES string of the molecule is Clc1ccc(C2(N[C@@H]3CCSC3)CC2)cc1. The van der Waals surface area contributed by atoms with Crippen molar-refractivity contribution in [2.75, 3.05) is 11.5 Å². The van der Waals surface area contributed by atoms with E-state index < -0.39 is 0 Å². The molecule has 1 saturated heterocycles. The van der Waals surface area contributed by atoms with Gasteiger partial charge in [-0.1, -0.05) is 23.7 Å². The van der Waals surface area contributed by atoms with Crippen molar-refractivity contribution >= 4 is 23.4 Å². The molecular weight excluding hydrogens is 238 g/mol. The Bertz CT molecular complexity index is 366. The normalized spacial score (nSPS) is 26.9. The minimum atomic E-state index is 0.278. The largest absolute Gasteiger partial charge is 0.304 e. The van der Waals surface area contributed by atoms with E-state index in [-0.39, 0.29) is 5.54 Å². The lowest BCUT2D eigenvalue weighted by atomic mass is 10.0. The monoisotopic (exact) mass is 253 g/mol. The first-order valence-corrected chi connectivity index (χ1v) is 7.43. The minimum absolute atomic E-state index is 0.278. The third-order valence-electron chi connectivity index (χ3n) is 3.56. The number of hydrogen-bond acceptors (Lipinski definition) is 2. The molecule has 1 aliphatic carbocycles. The predicted molar refractivity (Wildman–Crippen MR) is 71.2 cm³/mol. The molecule has 3 heteroatoms. The van der Waals surface area contributed by atoms with E-state index in [0.29, 0.717) is 6.04 Å². The number of rotatable bonds is 3. The van der Waals surface area contributed by atoms with Crippen molar-refractivity contribution in [3.63, 3.8) is 0 Å². The Labute approximate surface area is 106 Å². The van der Waals surface area contributed by atoms with Gasteiger partial charge >= 0.3 is 0 Å². The molecule has 0 bridgehead atoms. The van der Waals surface area contributed by atoms with Gasteiger partial charge < -0.3 is 5.32 Å². The standard InChI is InChI=1S/C13H16ClNS/c14-11-3-1-10(2-4-11)13(6-7-13)15-12-5-8-16-9-12/h1-4,12,15H,5-9H2/t12-/m1/s1. The fourth-order valence-electron chi connectivity index (χ4n) is 2.45. The molecule has 0 unspecified atom stereocenters. The van der Waals surface area contributed by atoms with Crippen LogP contribution in [0.3, 0.4) is 0 Å². The lowest BCUT2D eigenvalue weighted by molar-refractivity contribution is 0.445. The number of halogens is 1. The maximum absolute atomic E-state index is 5.93. The van der Waals surface area contributed by atoms with Gasteiger partial charge in [-0.05, 0) is 42.7 Å². The molecule has 1 atom stereocenters. The van der Waals surface area contributed by atoms with Gasteiger partial charge in [0.25, 0.3) is 0 Å². The summed E-state index contributed by atoms with van der Waals surface area (Å²) in [6.07, 6.45) is 3.87. The molecule has 16 heavy (non-hydrogen) atoms. The highest BCUT2D eigenvalue weighted by molar-refractivity contribution is 7.99. The number of nitrogens with one attached hydrogen (secondary N) is 1. The second kappa shape index (κ2) is 4.25. The van der Waals surface area contributed by atoms with Crippen molar-refractivity contribution in [1.29, 1.82) is 0 Å². The molecule has 3 rings (SSSR count). The average molecular weight is 254 g/mol. The summed E-state index contributed by atoms with van der Waals surface area (Å²) in [4.78, 5) is 0. The van der Waals surface area contributed by atoms with Crippen molar-refractivity contribution < 1.29 is 0 Å². The summed E-state index contributed by atoms with van der Waals surface area (Å²) >= 11 is 7.99. The minimum Gasteiger partial charge on any atom is -0.304 e. The van der Waals surface area contributed by atoms with Gasteiger partial charge in [0.05, 0.1) is 0 Å². The quantitative estimate of drug-likeness (QED) is 0.886. The van der Waals surface area contributed by atoms with Crippen LogP contribution in [-0.4, -0.2) is 17.5 Å². The first-order valence-electron chi connectivity index (χ1n) is 5.90. The molecule has 1 N–H and O–H groups in total. The van der Waals surface area contributed by atoms with Gasteiger partial charge in [-0.2, -0.15) is 11.8 Å². The van der Waals surface area contributed by atoms with Gasteiger partial charge in [-0.3, -0.25) is 0 Å². The van der Waals surface area contributed by atoms with Crippen molar-refractivity contribution in [3.8, 4) is 0 Å². The summed E-state index contributed by atoms with van der Waals surface area (Å²) in [6, 6.07) is 9.06. The van der Waals surface area contributed by atoms with Crippen molar-refractivity contribution in [3.05, 3.63) is 34.9 Å². The van der Waals surface area contributed by atoms with E-state index in [1.165, 1.54) is 36.3 Å². The number of hydrogen-bond donors (Lipinski definition) is 1. The van der Waals surface area contributed by atoms with Gasteiger partial charge in [0.1, 0.15) is 0 Å². The molecule has 0 radical (unpaired) electrons. The van der Waals surface area contributed by atoms with E-state index in [1.54, 1.807) is 0 Å². The predicted octanol–water partition coefficient (Wildman–Crippen LogP) is 3.42. The molecule has 1 nitrogen and oxygen atoms in total. The maximum atomic E-state index is 5.93. The third-order valence-corrected chi connectivity index (χ3v) is 4.97. The van der Waals surface area contributed by atoms with Crippen LogP contribution >= 0.6 is 23.4 Å². The summed E-state index contributed by atoms with van der Waals surface area (Å²) in [5, 5.41) is 4.67. The maximum Gasteiger partial charge on any atom is 0.0438 e. The van der Waals surface area contributed by atoms with Gasteiger partial charge in [0.15, 0.2) is 0 Å². The molecule has 1 aromatic carbocycles. The fourth-order valence-corrected chi connectivity index (χ4v) is 3.73. The van der Waals surface area contributed by atoms with Crippen LogP contribution in [0.25, 0.3) is 0 Å². The third kappa shape index (κ3) is 2.11. The Morgan fingerprint density at radius 1 is 1.25 bits per heavy atom. The molecule has 0 aromatic heterocycles. The van der Waals surface area contributed by atoms with Crippen molar-refractivity contribution in [2.24, 2.45) is 0 Å². The van der Waals surface area contributed by atoms with Crippen LogP contribution in [0.4, 0.5) is 0 Å². The summed E-state index contributed by atoms with van der Waals surface area (Å²) in [5.41, 5.74) is 1.69. The van der Waals surface area contributed by atoms with E-state index in [9.17, 15) is 0 Å². The van der Waals surface area contributed by atoms with E-state index in [0.717, 1.165) is 5.02 Å². The number of thioether (sulfide) groups is 1. The molecule has 86 valence electrons. The van der Waals surface area contributed by atoms with Crippen LogP contribution in [0, 0.1) is 0 Å². The summed E-state index contributed by atoms with van der Waals surface area (Å²) in [7, 11) is 0. The van der Waals surface area contributed by atoms with Crippen molar-refractivity contribution in [2.45, 2.75) is 30.8 Å². The van der Waals surface area contributed by atoms with E-state index in [4.69, 9.17) is 11.6 Å². The van der Waals surface area contributed by atoms with Crippen LogP contribution in [-0.2, 0) is 5.54 Å². The molecule has 2 aliphatic rings. The van der Waals surface area contributed by atoms with Crippen LogP contribution < -0.4 is 5.32 Å². The Kier molecular flexibility index (Phi) is 2.90. The zero-order valence-electron chi connectivity index (χ0n) is 9.21. The van der Waals surface area contributed by atoms with Crippen LogP contribution in [0.15, 0.2) is 24.3 Å². The molecule has 1 aliphatic heterocycles. The van der Waals surface area contributed by atoms with Crippen LogP contribution in [0.5, 0.6) is 0 Å². The number of benzene rings is 1. The highest BCUT2D eigenvalue weighted by Gasteiger charge is 2.45. The lowest BCUT2D eigenvalue weighted by Crippen LogP contribution is -2.38. The van der Waals surface area contributed by atoms with Gasteiger partial charge in [0.2, 0.25) is 0 Å². The molecule has 2 fully saturated rings. The lowest BCUT2D eigenvalue weighted by Gasteiger charge is -2.22.